The Bertz CT molecular complexity index is 1130. The molecule has 0 bridgehead atoms. The number of phenols is 1. The molecule has 0 radical (unpaired) electrons. The van der Waals surface area contributed by atoms with Crippen LogP contribution < -0.4 is 0 Å². The van der Waals surface area contributed by atoms with E-state index in [2.05, 4.69) is 112 Å². The van der Waals surface area contributed by atoms with E-state index in [1.54, 1.807) is 0 Å². The van der Waals surface area contributed by atoms with Crippen molar-refractivity contribution in [1.82, 2.24) is 0 Å². The maximum atomic E-state index is 11.9. The van der Waals surface area contributed by atoms with E-state index in [0.717, 1.165) is 34.0 Å². The lowest BCUT2D eigenvalue weighted by Gasteiger charge is -2.38. The zero-order chi connectivity index (χ0) is 24.3. The molecule has 0 amide bonds. The van der Waals surface area contributed by atoms with Gasteiger partial charge in [-0.1, -0.05) is 118 Å². The molecule has 0 aromatic heterocycles. The van der Waals surface area contributed by atoms with Crippen molar-refractivity contribution in [2.75, 3.05) is 6.66 Å². The quantitative estimate of drug-likeness (QED) is 0.160. The summed E-state index contributed by atoms with van der Waals surface area (Å²) in [5.41, 5.74) is 5.75. The minimum absolute atomic E-state index is 0.0693. The topological polar surface area (TPSA) is 20.2 Å². The van der Waals surface area contributed by atoms with Crippen LogP contribution in [0.2, 0.25) is 0 Å². The Balaban J connectivity index is 2.20. The number of hydrogen-bond donors (Lipinski definition) is 2. The van der Waals surface area contributed by atoms with E-state index in [4.69, 9.17) is 12.2 Å². The van der Waals surface area contributed by atoms with Crippen LogP contribution in [0.5, 0.6) is 5.75 Å². The first kappa shape index (κ1) is 24.6. The number of aromatic hydroxyl groups is 1. The fourth-order valence-corrected chi connectivity index (χ4v) is 6.00. The Morgan fingerprint density at radius 3 is 1.44 bits per heavy atom. The molecular weight excluding hydrogens is 451 g/mol. The summed E-state index contributed by atoms with van der Waals surface area (Å²) in [5.74, 6) is 0.368. The minimum Gasteiger partial charge on any atom is -0.507 e. The lowest BCUT2D eigenvalue weighted by atomic mass is 9.64. The fourth-order valence-electron chi connectivity index (χ4n) is 4.81. The van der Waals surface area contributed by atoms with E-state index in [9.17, 15) is 5.11 Å². The van der Waals surface area contributed by atoms with Gasteiger partial charge < -0.3 is 5.11 Å². The van der Waals surface area contributed by atoms with Gasteiger partial charge in [0.15, 0.2) is 0 Å². The average Bonchev–Trinajstić information content (AvgIpc) is 2.83. The molecule has 0 aliphatic carbocycles. The van der Waals surface area contributed by atoms with Crippen molar-refractivity contribution in [3.8, 4) is 5.75 Å². The Morgan fingerprint density at radius 1 is 0.676 bits per heavy atom. The maximum absolute atomic E-state index is 11.9. The van der Waals surface area contributed by atoms with Gasteiger partial charge in [0.1, 0.15) is 5.75 Å². The van der Waals surface area contributed by atoms with E-state index in [0.29, 0.717) is 5.75 Å². The van der Waals surface area contributed by atoms with Crippen molar-refractivity contribution < 1.29 is 5.11 Å². The van der Waals surface area contributed by atoms with Crippen LogP contribution in [-0.4, -0.2) is 11.8 Å². The van der Waals surface area contributed by atoms with Crippen LogP contribution in [0.3, 0.4) is 0 Å². The molecule has 0 saturated heterocycles. The van der Waals surface area contributed by atoms with Crippen molar-refractivity contribution in [2.45, 2.75) is 37.8 Å². The predicted octanol–water partition coefficient (Wildman–Crippen LogP) is 8.53. The lowest BCUT2D eigenvalue weighted by Crippen LogP contribution is -2.32. The van der Waals surface area contributed by atoms with Crippen LogP contribution in [0.25, 0.3) is 0 Å². The second-order valence-electron chi connectivity index (χ2n) is 9.95. The SMILES string of the molecule is CP(S)Cc1cc(C(C)(C)C)cc(C(c2ccccc2)(c2ccccc2)c2ccccc2)c1O. The molecule has 0 spiro atoms. The fraction of sp³-hybridized carbons (Fsp3) is 0.226. The summed E-state index contributed by atoms with van der Waals surface area (Å²) in [5, 5.41) is 11.9. The Morgan fingerprint density at radius 2 is 1.09 bits per heavy atom. The molecule has 1 atom stereocenters. The van der Waals surface area contributed by atoms with E-state index < -0.39 is 12.5 Å². The molecule has 34 heavy (non-hydrogen) atoms. The summed E-state index contributed by atoms with van der Waals surface area (Å²) in [4.78, 5) is 0. The second-order valence-corrected chi connectivity index (χ2v) is 13.6. The van der Waals surface area contributed by atoms with Crippen LogP contribution in [0.1, 0.15) is 54.2 Å². The van der Waals surface area contributed by atoms with Gasteiger partial charge in [-0.25, -0.2) is 0 Å². The molecular formula is C31H33OPS. The first-order chi connectivity index (χ1) is 16.2. The Hall–Kier alpha value is -2.54. The summed E-state index contributed by atoms with van der Waals surface area (Å²) in [6, 6.07) is 36.1. The molecule has 174 valence electrons. The summed E-state index contributed by atoms with van der Waals surface area (Å²) < 4.78 is 0. The minimum atomic E-state index is -0.670. The normalized spacial score (nSPS) is 13.0. The summed E-state index contributed by atoms with van der Waals surface area (Å²) in [6.45, 7) is 8.84. The van der Waals surface area contributed by atoms with Gasteiger partial charge in [0.05, 0.1) is 5.41 Å². The van der Waals surface area contributed by atoms with Gasteiger partial charge in [-0.05, 0) is 53.1 Å². The number of phenolic OH excluding ortho intramolecular Hbond substituents is 1. The average molecular weight is 485 g/mol. The zero-order valence-electron chi connectivity index (χ0n) is 20.4. The highest BCUT2D eigenvalue weighted by Crippen LogP contribution is 2.52. The van der Waals surface area contributed by atoms with Gasteiger partial charge in [0.2, 0.25) is 0 Å². The standard InChI is InChI=1S/C31H33OPS/c1-30(2,3)27-20-23(22-33(4)34)29(32)28(21-27)31(24-14-8-5-9-15-24,25-16-10-6-11-17-25)26-18-12-7-13-19-26/h5-21,32,34H,22H2,1-4H3. The van der Waals surface area contributed by atoms with E-state index in [1.807, 2.05) is 18.2 Å². The number of thiol groups is 1. The van der Waals surface area contributed by atoms with Crippen molar-refractivity contribution in [3.63, 3.8) is 0 Å². The second kappa shape index (κ2) is 9.98. The van der Waals surface area contributed by atoms with Gasteiger partial charge in [-0.15, -0.1) is 0 Å². The van der Waals surface area contributed by atoms with Gasteiger partial charge in [0.25, 0.3) is 0 Å². The van der Waals surface area contributed by atoms with Gasteiger partial charge in [-0.3, -0.25) is 0 Å². The highest BCUT2D eigenvalue weighted by molar-refractivity contribution is 8.44. The molecule has 4 rings (SSSR count). The molecule has 1 nitrogen and oxygen atoms in total. The van der Waals surface area contributed by atoms with Crippen molar-refractivity contribution in [3.05, 3.63) is 137 Å². The van der Waals surface area contributed by atoms with Crippen LogP contribution >= 0.6 is 19.4 Å². The van der Waals surface area contributed by atoms with E-state index in [1.165, 1.54) is 5.56 Å². The lowest BCUT2D eigenvalue weighted by molar-refractivity contribution is 0.454. The maximum Gasteiger partial charge on any atom is 0.123 e. The smallest absolute Gasteiger partial charge is 0.123 e. The molecule has 3 heteroatoms. The van der Waals surface area contributed by atoms with Gasteiger partial charge in [0, 0.05) is 11.7 Å². The van der Waals surface area contributed by atoms with Gasteiger partial charge >= 0.3 is 0 Å². The molecule has 1 unspecified atom stereocenters. The summed E-state index contributed by atoms with van der Waals surface area (Å²) >= 11 is 4.73. The molecule has 0 fully saturated rings. The number of benzene rings is 4. The predicted molar refractivity (Wildman–Crippen MR) is 151 cm³/mol. The van der Waals surface area contributed by atoms with Crippen molar-refractivity contribution >= 4 is 19.4 Å². The first-order valence-corrected chi connectivity index (χ1v) is 14.8. The Kier molecular flexibility index (Phi) is 7.22. The molecule has 0 aliphatic heterocycles. The molecule has 0 aliphatic rings. The molecule has 4 aromatic rings. The Labute approximate surface area is 210 Å². The van der Waals surface area contributed by atoms with Crippen LogP contribution in [-0.2, 0) is 17.0 Å². The van der Waals surface area contributed by atoms with Crippen LogP contribution in [0.4, 0.5) is 0 Å². The summed E-state index contributed by atoms with van der Waals surface area (Å²) in [6.07, 6.45) is 0.760. The van der Waals surface area contributed by atoms with Crippen molar-refractivity contribution in [1.29, 1.82) is 0 Å². The van der Waals surface area contributed by atoms with Gasteiger partial charge in [-0.2, -0.15) is 12.2 Å². The molecule has 4 aromatic carbocycles. The molecule has 0 saturated carbocycles. The first-order valence-electron chi connectivity index (χ1n) is 11.7. The number of rotatable bonds is 6. The van der Waals surface area contributed by atoms with E-state index >= 15 is 0 Å². The highest BCUT2D eigenvalue weighted by atomic mass is 32.7. The molecule has 0 heterocycles. The third-order valence-electron chi connectivity index (χ3n) is 6.48. The van der Waals surface area contributed by atoms with Crippen LogP contribution in [0.15, 0.2) is 103 Å². The third-order valence-corrected chi connectivity index (χ3v) is 7.70. The van der Waals surface area contributed by atoms with E-state index in [-0.39, 0.29) is 5.41 Å². The summed E-state index contributed by atoms with van der Waals surface area (Å²) in [7, 11) is -0.518. The van der Waals surface area contributed by atoms with Crippen LogP contribution in [0, 0.1) is 0 Å². The zero-order valence-corrected chi connectivity index (χ0v) is 22.2. The largest absolute Gasteiger partial charge is 0.507 e. The monoisotopic (exact) mass is 484 g/mol. The van der Waals surface area contributed by atoms with Crippen molar-refractivity contribution in [2.24, 2.45) is 0 Å². The number of hydrogen-bond acceptors (Lipinski definition) is 2. The highest BCUT2D eigenvalue weighted by Gasteiger charge is 2.41. The third kappa shape index (κ3) is 4.67. The molecule has 1 N–H and O–H groups in total.